The third-order valence-electron chi connectivity index (χ3n) is 6.20. The van der Waals surface area contributed by atoms with Crippen LogP contribution < -0.4 is 4.74 Å². The number of nitrogens with zero attached hydrogens (tertiary/aromatic N) is 2. The summed E-state index contributed by atoms with van der Waals surface area (Å²) in [6.07, 6.45) is -4.03. The molecule has 5 aromatic rings. The lowest BCUT2D eigenvalue weighted by atomic mass is 9.99. The van der Waals surface area contributed by atoms with Crippen LogP contribution in [0, 0.1) is 5.82 Å². The number of methoxy groups -OCH3 is 1. The van der Waals surface area contributed by atoms with Gasteiger partial charge in [0.25, 0.3) is 0 Å². The molecule has 0 spiro atoms. The van der Waals surface area contributed by atoms with Crippen molar-refractivity contribution in [2.75, 3.05) is 7.11 Å². The maximum atomic E-state index is 14.7. The largest absolute Gasteiger partial charge is 0.496 e. The number of para-hydroxylation sites is 1. The fourth-order valence-corrected chi connectivity index (χ4v) is 4.67. The van der Waals surface area contributed by atoms with Gasteiger partial charge in [-0.3, -0.25) is 4.68 Å². The zero-order valence-electron chi connectivity index (χ0n) is 19.7. The molecule has 0 fully saturated rings. The molecule has 0 saturated carbocycles. The van der Waals surface area contributed by atoms with Gasteiger partial charge in [-0.1, -0.05) is 66.2 Å². The van der Waals surface area contributed by atoms with Crippen molar-refractivity contribution >= 4 is 22.5 Å². The second kappa shape index (κ2) is 9.90. The Labute approximate surface area is 215 Å². The number of alkyl halides is 3. The molecule has 0 aliphatic rings. The Kier molecular flexibility index (Phi) is 6.65. The van der Waals surface area contributed by atoms with E-state index in [2.05, 4.69) is 5.10 Å². The fraction of sp³-hybridized carbons (Fsp3) is 0.138. The summed E-state index contributed by atoms with van der Waals surface area (Å²) in [5, 5.41) is 4.90. The number of hydrogen-bond donors (Lipinski definition) is 0. The average Bonchev–Trinajstić information content (AvgIpc) is 3.23. The van der Waals surface area contributed by atoms with Gasteiger partial charge in [-0.05, 0) is 41.5 Å². The van der Waals surface area contributed by atoms with E-state index >= 15 is 0 Å². The molecule has 188 valence electrons. The number of rotatable bonds is 6. The second-order valence-corrected chi connectivity index (χ2v) is 9.07. The van der Waals surface area contributed by atoms with Gasteiger partial charge >= 0.3 is 6.18 Å². The number of halogens is 5. The van der Waals surface area contributed by atoms with Gasteiger partial charge < -0.3 is 4.74 Å². The van der Waals surface area contributed by atoms with Gasteiger partial charge in [0.1, 0.15) is 17.1 Å². The van der Waals surface area contributed by atoms with Crippen LogP contribution in [0.4, 0.5) is 17.6 Å². The van der Waals surface area contributed by atoms with E-state index in [1.165, 1.54) is 28.9 Å². The molecule has 1 aromatic heterocycles. The highest BCUT2D eigenvalue weighted by molar-refractivity contribution is 6.30. The molecule has 8 heteroatoms. The fourth-order valence-electron chi connectivity index (χ4n) is 4.51. The molecule has 0 radical (unpaired) electrons. The number of hydrogen-bond acceptors (Lipinski definition) is 2. The molecular weight excluding hydrogens is 504 g/mol. The van der Waals surface area contributed by atoms with Gasteiger partial charge in [0, 0.05) is 28.0 Å². The maximum Gasteiger partial charge on any atom is 0.418 e. The lowest BCUT2D eigenvalue weighted by Crippen LogP contribution is -2.07. The Hall–Kier alpha value is -3.84. The van der Waals surface area contributed by atoms with E-state index in [1.54, 1.807) is 13.2 Å². The highest BCUT2D eigenvalue weighted by atomic mass is 35.5. The van der Waals surface area contributed by atoms with Crippen molar-refractivity contribution in [3.63, 3.8) is 0 Å². The Balaban J connectivity index is 1.66. The van der Waals surface area contributed by atoms with E-state index in [-0.39, 0.29) is 22.6 Å². The number of benzene rings is 4. The van der Waals surface area contributed by atoms with Crippen LogP contribution in [0.1, 0.15) is 22.3 Å². The van der Waals surface area contributed by atoms with E-state index < -0.39 is 17.6 Å². The van der Waals surface area contributed by atoms with Crippen molar-refractivity contribution in [2.24, 2.45) is 0 Å². The lowest BCUT2D eigenvalue weighted by molar-refractivity contribution is -0.136. The first-order chi connectivity index (χ1) is 17.7. The van der Waals surface area contributed by atoms with Gasteiger partial charge in [0.2, 0.25) is 0 Å². The predicted molar refractivity (Wildman–Crippen MR) is 136 cm³/mol. The zero-order valence-corrected chi connectivity index (χ0v) is 20.4. The maximum absolute atomic E-state index is 14.7. The van der Waals surface area contributed by atoms with Crippen LogP contribution in [0.25, 0.3) is 22.2 Å². The van der Waals surface area contributed by atoms with Crippen LogP contribution in [-0.2, 0) is 19.1 Å². The van der Waals surface area contributed by atoms with Crippen molar-refractivity contribution in [2.45, 2.75) is 19.1 Å². The van der Waals surface area contributed by atoms with Crippen molar-refractivity contribution < 1.29 is 22.3 Å². The molecule has 0 unspecified atom stereocenters. The topological polar surface area (TPSA) is 27.1 Å². The van der Waals surface area contributed by atoms with Crippen LogP contribution in [0.2, 0.25) is 5.02 Å². The Morgan fingerprint density at radius 2 is 1.68 bits per heavy atom. The smallest absolute Gasteiger partial charge is 0.418 e. The summed E-state index contributed by atoms with van der Waals surface area (Å²) < 4.78 is 63.1. The minimum Gasteiger partial charge on any atom is -0.496 e. The minimum absolute atomic E-state index is 0.0684. The summed E-state index contributed by atoms with van der Waals surface area (Å²) in [5.41, 5.74) is 2.29. The summed E-state index contributed by atoms with van der Waals surface area (Å²) in [6, 6.07) is 23.4. The molecule has 0 amide bonds. The summed E-state index contributed by atoms with van der Waals surface area (Å²) in [6.45, 7) is -0.0684. The van der Waals surface area contributed by atoms with Crippen LogP contribution in [0.5, 0.6) is 5.75 Å². The molecule has 5 rings (SSSR count). The van der Waals surface area contributed by atoms with Crippen molar-refractivity contribution in [1.82, 2.24) is 9.78 Å². The van der Waals surface area contributed by atoms with Gasteiger partial charge in [-0.2, -0.15) is 18.3 Å². The molecule has 0 saturated heterocycles. The molecule has 0 aliphatic heterocycles. The van der Waals surface area contributed by atoms with Crippen LogP contribution in [0.3, 0.4) is 0 Å². The Morgan fingerprint density at radius 1 is 0.892 bits per heavy atom. The molecule has 0 atom stereocenters. The van der Waals surface area contributed by atoms with E-state index in [4.69, 9.17) is 16.3 Å². The minimum atomic E-state index is -4.59. The van der Waals surface area contributed by atoms with E-state index in [0.29, 0.717) is 23.1 Å². The molecule has 0 bridgehead atoms. The molecule has 0 N–H and O–H groups in total. The molecule has 1 heterocycles. The van der Waals surface area contributed by atoms with Gasteiger partial charge in [0.05, 0.1) is 24.9 Å². The normalized spacial score (nSPS) is 11.7. The van der Waals surface area contributed by atoms with Crippen LogP contribution >= 0.6 is 11.6 Å². The first-order valence-electron chi connectivity index (χ1n) is 11.5. The van der Waals surface area contributed by atoms with Gasteiger partial charge in [-0.25, -0.2) is 4.39 Å². The quantitative estimate of drug-likeness (QED) is 0.209. The van der Waals surface area contributed by atoms with Crippen LogP contribution in [0.15, 0.2) is 84.9 Å². The molecule has 3 nitrogen and oxygen atoms in total. The second-order valence-electron chi connectivity index (χ2n) is 8.63. The average molecular weight is 525 g/mol. The van der Waals surface area contributed by atoms with Crippen molar-refractivity contribution in [3.8, 4) is 17.0 Å². The molecular formula is C29H21ClF4N2O. The number of ether oxygens (including phenoxy) is 1. The molecule has 4 aromatic carbocycles. The third-order valence-corrected chi connectivity index (χ3v) is 6.43. The van der Waals surface area contributed by atoms with Crippen molar-refractivity contribution in [1.29, 1.82) is 0 Å². The monoisotopic (exact) mass is 524 g/mol. The van der Waals surface area contributed by atoms with Gasteiger partial charge in [0.15, 0.2) is 0 Å². The summed E-state index contributed by atoms with van der Waals surface area (Å²) >= 11 is 5.89. The highest BCUT2D eigenvalue weighted by Gasteiger charge is 2.34. The molecule has 37 heavy (non-hydrogen) atoms. The molecule has 0 aliphatic carbocycles. The standard InChI is InChI=1S/C29H21ClF4N2O/c1-37-26-11-3-2-7-19(26)14-18-6-4-8-20(15-18)28-23-9-5-10-24(29(32,33)34)27(23)35-36(28)17-21-12-13-22(30)16-25(21)31/h2-13,15-16H,14,17H2,1H3. The Morgan fingerprint density at radius 3 is 2.43 bits per heavy atom. The first-order valence-corrected chi connectivity index (χ1v) is 11.8. The zero-order chi connectivity index (χ0) is 26.2. The lowest BCUT2D eigenvalue weighted by Gasteiger charge is -2.12. The number of aromatic nitrogens is 2. The first kappa shape index (κ1) is 24.8. The highest BCUT2D eigenvalue weighted by Crippen LogP contribution is 2.38. The van der Waals surface area contributed by atoms with Gasteiger partial charge in [-0.15, -0.1) is 0 Å². The summed E-state index contributed by atoms with van der Waals surface area (Å²) in [7, 11) is 1.61. The van der Waals surface area contributed by atoms with E-state index in [9.17, 15) is 17.6 Å². The SMILES string of the molecule is COc1ccccc1Cc1cccc(-c2c3cccc(C(F)(F)F)c3nn2Cc2ccc(Cl)cc2F)c1. The van der Waals surface area contributed by atoms with E-state index in [0.717, 1.165) is 22.9 Å². The number of fused-ring (bicyclic) bond motifs is 1. The van der Waals surface area contributed by atoms with E-state index in [1.807, 2.05) is 48.5 Å². The van der Waals surface area contributed by atoms with Crippen molar-refractivity contribution in [3.05, 3.63) is 118 Å². The predicted octanol–water partition coefficient (Wildman–Crippen LogP) is 8.16. The third kappa shape index (κ3) is 5.04. The summed E-state index contributed by atoms with van der Waals surface area (Å²) in [5.74, 6) is 0.190. The summed E-state index contributed by atoms with van der Waals surface area (Å²) in [4.78, 5) is 0. The van der Waals surface area contributed by atoms with Crippen LogP contribution in [-0.4, -0.2) is 16.9 Å². The Bertz CT molecular complexity index is 1590.